The number of aliphatic hydroxyl groups excluding tert-OH is 2. The van der Waals surface area contributed by atoms with Gasteiger partial charge in [-0.3, -0.25) is 4.79 Å². The van der Waals surface area contributed by atoms with Crippen molar-refractivity contribution in [1.29, 1.82) is 0 Å². The number of nitrogens with two attached hydrogens (primary N) is 1. The maximum Gasteiger partial charge on any atom is 0.312 e. The molecule has 1 aromatic carbocycles. The highest BCUT2D eigenvalue weighted by Gasteiger charge is 2.11. The Morgan fingerprint density at radius 2 is 1.74 bits per heavy atom. The van der Waals surface area contributed by atoms with E-state index in [0.29, 0.717) is 5.56 Å². The largest absolute Gasteiger partial charge is 0.394 e. The first-order valence-electron chi connectivity index (χ1n) is 5.71. The van der Waals surface area contributed by atoms with Gasteiger partial charge in [0.05, 0.1) is 19.3 Å². The molecule has 19 heavy (non-hydrogen) atoms. The van der Waals surface area contributed by atoms with Crippen LogP contribution in [0.2, 0.25) is 0 Å². The van der Waals surface area contributed by atoms with Gasteiger partial charge in [-0.2, -0.15) is 0 Å². The molecule has 0 aliphatic carbocycles. The fourth-order valence-corrected chi connectivity index (χ4v) is 1.38. The lowest BCUT2D eigenvalue weighted by atomic mass is 10.1. The Morgan fingerprint density at radius 3 is 2.21 bits per heavy atom. The zero-order valence-corrected chi connectivity index (χ0v) is 10.3. The summed E-state index contributed by atoms with van der Waals surface area (Å²) in [5.41, 5.74) is 6.14. The number of nitrogens with one attached hydrogen (secondary N) is 2. The van der Waals surface area contributed by atoms with Crippen LogP contribution in [-0.2, 0) is 6.54 Å². The predicted octanol–water partition coefficient (Wildman–Crippen LogP) is -1.06. The molecule has 7 heteroatoms. The summed E-state index contributed by atoms with van der Waals surface area (Å²) in [5, 5.41) is 22.6. The van der Waals surface area contributed by atoms with Gasteiger partial charge in [-0.05, 0) is 17.7 Å². The lowest BCUT2D eigenvalue weighted by molar-refractivity contribution is 0.0879. The minimum Gasteiger partial charge on any atom is -0.394 e. The number of carbonyl (C=O) groups excluding carboxylic acids is 2. The first-order valence-corrected chi connectivity index (χ1v) is 5.71. The molecule has 0 saturated carbocycles. The maximum absolute atomic E-state index is 11.7. The molecule has 0 unspecified atom stereocenters. The first kappa shape index (κ1) is 14.9. The Morgan fingerprint density at radius 1 is 1.16 bits per heavy atom. The molecule has 104 valence electrons. The Balaban J connectivity index is 2.60. The summed E-state index contributed by atoms with van der Waals surface area (Å²) in [7, 11) is 0. The number of primary amides is 1. The monoisotopic (exact) mass is 267 g/mol. The molecule has 7 nitrogen and oxygen atoms in total. The molecular weight excluding hydrogens is 250 g/mol. The third kappa shape index (κ3) is 4.94. The quantitative estimate of drug-likeness (QED) is 0.450. The van der Waals surface area contributed by atoms with Crippen molar-refractivity contribution in [3.63, 3.8) is 0 Å². The van der Waals surface area contributed by atoms with Gasteiger partial charge in [-0.15, -0.1) is 0 Å². The number of urea groups is 1. The van der Waals surface area contributed by atoms with Crippen molar-refractivity contribution in [3.8, 4) is 0 Å². The molecule has 0 aliphatic rings. The fourth-order valence-electron chi connectivity index (χ4n) is 1.38. The van der Waals surface area contributed by atoms with Gasteiger partial charge in [-0.25, -0.2) is 4.79 Å². The first-order chi connectivity index (χ1) is 9.06. The molecule has 0 bridgehead atoms. The number of hydrogen-bond donors (Lipinski definition) is 5. The lowest BCUT2D eigenvalue weighted by Gasteiger charge is -2.13. The zero-order valence-electron chi connectivity index (χ0n) is 10.3. The van der Waals surface area contributed by atoms with Crippen LogP contribution in [0.3, 0.4) is 0 Å². The van der Waals surface area contributed by atoms with E-state index in [9.17, 15) is 9.59 Å². The third-order valence-electron chi connectivity index (χ3n) is 2.46. The van der Waals surface area contributed by atoms with Gasteiger partial charge >= 0.3 is 6.03 Å². The second-order valence-electron chi connectivity index (χ2n) is 3.95. The topological polar surface area (TPSA) is 125 Å². The second-order valence-corrected chi connectivity index (χ2v) is 3.95. The summed E-state index contributed by atoms with van der Waals surface area (Å²) >= 11 is 0. The van der Waals surface area contributed by atoms with E-state index in [4.69, 9.17) is 15.9 Å². The summed E-state index contributed by atoms with van der Waals surface area (Å²) in [5.74, 6) is -0.387. The van der Waals surface area contributed by atoms with Crippen LogP contribution in [0.1, 0.15) is 15.9 Å². The van der Waals surface area contributed by atoms with E-state index in [2.05, 4.69) is 10.6 Å². The van der Waals surface area contributed by atoms with Crippen molar-refractivity contribution in [2.45, 2.75) is 12.6 Å². The molecule has 0 aromatic heterocycles. The van der Waals surface area contributed by atoms with Crippen LogP contribution in [0.5, 0.6) is 0 Å². The van der Waals surface area contributed by atoms with Crippen molar-refractivity contribution < 1.29 is 19.8 Å². The highest BCUT2D eigenvalue weighted by molar-refractivity contribution is 5.94. The van der Waals surface area contributed by atoms with Crippen LogP contribution in [0, 0.1) is 0 Å². The average Bonchev–Trinajstić information content (AvgIpc) is 2.42. The van der Waals surface area contributed by atoms with E-state index < -0.39 is 12.1 Å². The normalized spacial score (nSPS) is 10.3. The molecular formula is C12H17N3O4. The lowest BCUT2D eigenvalue weighted by Crippen LogP contribution is -2.40. The van der Waals surface area contributed by atoms with E-state index >= 15 is 0 Å². The summed E-state index contributed by atoms with van der Waals surface area (Å²) in [6, 6.07) is 5.23. The molecule has 0 atom stereocenters. The van der Waals surface area contributed by atoms with Gasteiger partial charge in [-0.1, -0.05) is 12.1 Å². The van der Waals surface area contributed by atoms with Gasteiger partial charge in [0, 0.05) is 12.1 Å². The zero-order chi connectivity index (χ0) is 14.3. The van der Waals surface area contributed by atoms with Gasteiger partial charge < -0.3 is 26.6 Å². The van der Waals surface area contributed by atoms with E-state index in [1.54, 1.807) is 24.3 Å². The molecule has 0 radical (unpaired) electrons. The molecule has 0 heterocycles. The summed E-state index contributed by atoms with van der Waals surface area (Å²) in [6.45, 7) is -0.376. The molecule has 0 fully saturated rings. The maximum atomic E-state index is 11.7. The van der Waals surface area contributed by atoms with E-state index in [1.807, 2.05) is 0 Å². The third-order valence-corrected chi connectivity index (χ3v) is 2.46. The standard InChI is InChI=1S/C12H17N3O4/c13-12(19)14-5-8-1-3-9(4-2-8)11(18)15-10(6-16)7-17/h1-4,10,16-17H,5-7H2,(H,15,18)(H3,13,14,19). The van der Waals surface area contributed by atoms with Crippen LogP contribution in [0.4, 0.5) is 4.79 Å². The van der Waals surface area contributed by atoms with Gasteiger partial charge in [0.25, 0.3) is 5.91 Å². The van der Waals surface area contributed by atoms with Gasteiger partial charge in [0.15, 0.2) is 0 Å². The van der Waals surface area contributed by atoms with E-state index in [-0.39, 0.29) is 25.7 Å². The molecule has 0 aliphatic heterocycles. The summed E-state index contributed by atoms with van der Waals surface area (Å²) in [4.78, 5) is 22.3. The predicted molar refractivity (Wildman–Crippen MR) is 68.3 cm³/mol. The number of rotatable bonds is 6. The van der Waals surface area contributed by atoms with Crippen molar-refractivity contribution in [2.75, 3.05) is 13.2 Å². The number of aliphatic hydroxyl groups is 2. The van der Waals surface area contributed by atoms with Gasteiger partial charge in [0.2, 0.25) is 0 Å². The number of benzene rings is 1. The minimum atomic E-state index is -0.677. The van der Waals surface area contributed by atoms with Crippen molar-refractivity contribution in [1.82, 2.24) is 10.6 Å². The average molecular weight is 267 g/mol. The Kier molecular flexibility index (Phi) is 5.77. The van der Waals surface area contributed by atoms with Crippen molar-refractivity contribution >= 4 is 11.9 Å². The van der Waals surface area contributed by atoms with Crippen LogP contribution in [0.25, 0.3) is 0 Å². The van der Waals surface area contributed by atoms with E-state index in [1.165, 1.54) is 0 Å². The van der Waals surface area contributed by atoms with Gasteiger partial charge in [0.1, 0.15) is 0 Å². The number of carbonyl (C=O) groups is 2. The van der Waals surface area contributed by atoms with Crippen LogP contribution >= 0.6 is 0 Å². The smallest absolute Gasteiger partial charge is 0.312 e. The highest BCUT2D eigenvalue weighted by atomic mass is 16.3. The highest BCUT2D eigenvalue weighted by Crippen LogP contribution is 2.04. The number of amides is 3. The fraction of sp³-hybridized carbons (Fsp3) is 0.333. The summed E-state index contributed by atoms with van der Waals surface area (Å²) < 4.78 is 0. The van der Waals surface area contributed by atoms with Crippen LogP contribution in [-0.4, -0.2) is 41.4 Å². The minimum absolute atomic E-state index is 0.285. The Hall–Kier alpha value is -2.12. The SMILES string of the molecule is NC(=O)NCc1ccc(C(=O)NC(CO)CO)cc1. The van der Waals surface area contributed by atoms with E-state index in [0.717, 1.165) is 5.56 Å². The molecule has 1 aromatic rings. The molecule has 1 rings (SSSR count). The second kappa shape index (κ2) is 7.34. The molecule has 3 amide bonds. The van der Waals surface area contributed by atoms with Crippen LogP contribution < -0.4 is 16.4 Å². The van der Waals surface area contributed by atoms with Crippen LogP contribution in [0.15, 0.2) is 24.3 Å². The van der Waals surface area contributed by atoms with Crippen molar-refractivity contribution in [2.24, 2.45) is 5.73 Å². The molecule has 6 N–H and O–H groups in total. The Bertz CT molecular complexity index is 429. The summed E-state index contributed by atoms with van der Waals surface area (Å²) in [6.07, 6.45) is 0. The molecule has 0 spiro atoms. The Labute approximate surface area is 110 Å². The molecule has 0 saturated heterocycles. The number of hydrogen-bond acceptors (Lipinski definition) is 4. The van der Waals surface area contributed by atoms with Crippen molar-refractivity contribution in [3.05, 3.63) is 35.4 Å².